The van der Waals surface area contributed by atoms with Crippen molar-refractivity contribution >= 4 is 5.69 Å². The number of aliphatic hydroxyl groups is 1. The summed E-state index contributed by atoms with van der Waals surface area (Å²) in [5.74, 6) is 0. The van der Waals surface area contributed by atoms with E-state index >= 15 is 0 Å². The molecule has 0 spiro atoms. The number of aromatic nitrogens is 2. The van der Waals surface area contributed by atoms with Gasteiger partial charge in [0, 0.05) is 24.7 Å². The predicted octanol–water partition coefficient (Wildman–Crippen LogP) is 1.62. The zero-order valence-electron chi connectivity index (χ0n) is 9.50. The first-order chi connectivity index (χ1) is 8.38. The van der Waals surface area contributed by atoms with Crippen molar-refractivity contribution in [2.45, 2.75) is 13.0 Å². The summed E-state index contributed by atoms with van der Waals surface area (Å²) >= 11 is 0. The molecule has 88 valence electrons. The van der Waals surface area contributed by atoms with Gasteiger partial charge in [0.1, 0.15) is 0 Å². The van der Waals surface area contributed by atoms with Crippen LogP contribution in [0.2, 0.25) is 0 Å². The zero-order chi connectivity index (χ0) is 11.9. The van der Waals surface area contributed by atoms with Crippen LogP contribution in [0.25, 0.3) is 0 Å². The Balaban J connectivity index is 1.97. The molecule has 1 aromatic heterocycles. The first-order valence-corrected chi connectivity index (χ1v) is 5.57. The summed E-state index contributed by atoms with van der Waals surface area (Å²) < 4.78 is 0. The molecule has 2 rings (SSSR count). The summed E-state index contributed by atoms with van der Waals surface area (Å²) in [6, 6.07) is 8.01. The number of hydrogen-bond donors (Lipinski definition) is 2. The van der Waals surface area contributed by atoms with Gasteiger partial charge in [0.05, 0.1) is 18.4 Å². The van der Waals surface area contributed by atoms with E-state index in [0.29, 0.717) is 13.0 Å². The molecule has 0 atom stereocenters. The molecular weight excluding hydrogens is 214 g/mol. The first kappa shape index (κ1) is 11.5. The summed E-state index contributed by atoms with van der Waals surface area (Å²) in [6.07, 6.45) is 5.76. The van der Waals surface area contributed by atoms with Gasteiger partial charge >= 0.3 is 0 Å². The van der Waals surface area contributed by atoms with Crippen molar-refractivity contribution in [2.24, 2.45) is 0 Å². The Hall–Kier alpha value is -1.94. The Labute approximate surface area is 100 Å². The van der Waals surface area contributed by atoms with Gasteiger partial charge in [-0.05, 0) is 24.1 Å². The van der Waals surface area contributed by atoms with Crippen LogP contribution in [0, 0.1) is 0 Å². The van der Waals surface area contributed by atoms with Crippen LogP contribution in [0.3, 0.4) is 0 Å². The molecule has 2 aromatic rings. The molecule has 17 heavy (non-hydrogen) atoms. The van der Waals surface area contributed by atoms with Gasteiger partial charge in [0.15, 0.2) is 0 Å². The Morgan fingerprint density at radius 2 is 2.18 bits per heavy atom. The van der Waals surface area contributed by atoms with Crippen molar-refractivity contribution in [3.63, 3.8) is 0 Å². The van der Waals surface area contributed by atoms with E-state index in [9.17, 15) is 0 Å². The van der Waals surface area contributed by atoms with Gasteiger partial charge in [-0.1, -0.05) is 12.1 Å². The third-order valence-corrected chi connectivity index (χ3v) is 2.42. The van der Waals surface area contributed by atoms with Crippen LogP contribution in [0.1, 0.15) is 11.3 Å². The maximum Gasteiger partial charge on any atom is 0.0777 e. The van der Waals surface area contributed by atoms with Crippen LogP contribution < -0.4 is 5.32 Å². The van der Waals surface area contributed by atoms with E-state index in [1.54, 1.807) is 18.6 Å². The van der Waals surface area contributed by atoms with Gasteiger partial charge in [-0.15, -0.1) is 0 Å². The maximum absolute atomic E-state index is 8.88. The predicted molar refractivity (Wildman–Crippen MR) is 66.6 cm³/mol. The largest absolute Gasteiger partial charge is 0.396 e. The van der Waals surface area contributed by atoms with Gasteiger partial charge in [-0.3, -0.25) is 9.97 Å². The molecule has 4 heteroatoms. The fourth-order valence-electron chi connectivity index (χ4n) is 1.58. The Morgan fingerprint density at radius 1 is 1.24 bits per heavy atom. The quantitative estimate of drug-likeness (QED) is 0.818. The molecule has 0 aliphatic carbocycles. The molecule has 0 saturated carbocycles. The lowest BCUT2D eigenvalue weighted by molar-refractivity contribution is 0.299. The molecule has 0 aliphatic rings. The van der Waals surface area contributed by atoms with Gasteiger partial charge in [-0.25, -0.2) is 0 Å². The highest BCUT2D eigenvalue weighted by Crippen LogP contribution is 2.11. The third kappa shape index (κ3) is 3.53. The van der Waals surface area contributed by atoms with Crippen LogP contribution in [0.4, 0.5) is 5.69 Å². The summed E-state index contributed by atoms with van der Waals surface area (Å²) in [7, 11) is 0. The fourth-order valence-corrected chi connectivity index (χ4v) is 1.58. The number of nitrogens with one attached hydrogen (secondary N) is 1. The topological polar surface area (TPSA) is 58.0 Å². The molecule has 1 heterocycles. The molecule has 4 nitrogen and oxygen atoms in total. The number of rotatable bonds is 5. The van der Waals surface area contributed by atoms with Crippen molar-refractivity contribution in [3.8, 4) is 0 Å². The molecule has 0 bridgehead atoms. The van der Waals surface area contributed by atoms with Crippen LogP contribution in [-0.2, 0) is 13.0 Å². The minimum Gasteiger partial charge on any atom is -0.396 e. The lowest BCUT2D eigenvalue weighted by Gasteiger charge is -2.07. The average molecular weight is 229 g/mol. The smallest absolute Gasteiger partial charge is 0.0777 e. The number of benzene rings is 1. The van der Waals surface area contributed by atoms with Gasteiger partial charge < -0.3 is 10.4 Å². The molecule has 2 N–H and O–H groups in total. The molecule has 0 radical (unpaired) electrons. The lowest BCUT2D eigenvalue weighted by atomic mass is 10.1. The fraction of sp³-hybridized carbons (Fsp3) is 0.231. The van der Waals surface area contributed by atoms with Crippen molar-refractivity contribution in [1.29, 1.82) is 0 Å². The van der Waals surface area contributed by atoms with Crippen LogP contribution in [0.15, 0.2) is 42.9 Å². The molecule has 0 amide bonds. The van der Waals surface area contributed by atoms with E-state index in [1.165, 1.54) is 0 Å². The van der Waals surface area contributed by atoms with Crippen molar-refractivity contribution in [1.82, 2.24) is 9.97 Å². The maximum atomic E-state index is 8.88. The Kier molecular flexibility index (Phi) is 4.05. The van der Waals surface area contributed by atoms with E-state index in [2.05, 4.69) is 15.3 Å². The second kappa shape index (κ2) is 5.96. The van der Waals surface area contributed by atoms with E-state index < -0.39 is 0 Å². The molecule has 0 fully saturated rings. The second-order valence-corrected chi connectivity index (χ2v) is 3.72. The monoisotopic (exact) mass is 229 g/mol. The minimum absolute atomic E-state index is 0.174. The molecular formula is C13H15N3O. The van der Waals surface area contributed by atoms with Gasteiger partial charge in [0.25, 0.3) is 0 Å². The van der Waals surface area contributed by atoms with E-state index in [0.717, 1.165) is 16.9 Å². The molecule has 1 aromatic carbocycles. The van der Waals surface area contributed by atoms with Crippen molar-refractivity contribution in [3.05, 3.63) is 54.1 Å². The molecule has 0 saturated heterocycles. The number of nitrogens with zero attached hydrogens (tertiary/aromatic N) is 2. The standard InChI is InChI=1S/C13H15N3O/c17-7-4-11-2-1-3-12(8-11)16-10-13-9-14-5-6-15-13/h1-3,5-6,8-9,16-17H,4,7,10H2. The first-order valence-electron chi connectivity index (χ1n) is 5.57. The second-order valence-electron chi connectivity index (χ2n) is 3.72. The SMILES string of the molecule is OCCc1cccc(NCc2cnccn2)c1. The highest BCUT2D eigenvalue weighted by molar-refractivity contribution is 5.45. The number of hydrogen-bond acceptors (Lipinski definition) is 4. The number of aliphatic hydroxyl groups excluding tert-OH is 1. The van der Waals surface area contributed by atoms with Gasteiger partial charge in [-0.2, -0.15) is 0 Å². The Morgan fingerprint density at radius 3 is 2.94 bits per heavy atom. The van der Waals surface area contributed by atoms with Crippen molar-refractivity contribution in [2.75, 3.05) is 11.9 Å². The zero-order valence-corrected chi connectivity index (χ0v) is 9.50. The van der Waals surface area contributed by atoms with Crippen molar-refractivity contribution < 1.29 is 5.11 Å². The summed E-state index contributed by atoms with van der Waals surface area (Å²) in [5, 5.41) is 12.2. The Bertz CT molecular complexity index is 459. The van der Waals surface area contributed by atoms with Gasteiger partial charge in [0.2, 0.25) is 0 Å². The number of anilines is 1. The van der Waals surface area contributed by atoms with Crippen LogP contribution >= 0.6 is 0 Å². The molecule has 0 unspecified atom stereocenters. The third-order valence-electron chi connectivity index (χ3n) is 2.42. The highest BCUT2D eigenvalue weighted by Gasteiger charge is 1.97. The van der Waals surface area contributed by atoms with E-state index in [4.69, 9.17) is 5.11 Å². The highest BCUT2D eigenvalue weighted by atomic mass is 16.2. The molecule has 0 aliphatic heterocycles. The normalized spacial score (nSPS) is 10.2. The van der Waals surface area contributed by atoms with Crippen LogP contribution in [0.5, 0.6) is 0 Å². The summed E-state index contributed by atoms with van der Waals surface area (Å²) in [4.78, 5) is 8.20. The summed E-state index contributed by atoms with van der Waals surface area (Å²) in [6.45, 7) is 0.823. The lowest BCUT2D eigenvalue weighted by Crippen LogP contribution is -2.02. The minimum atomic E-state index is 0.174. The van der Waals surface area contributed by atoms with E-state index in [-0.39, 0.29) is 6.61 Å². The average Bonchev–Trinajstić information content (AvgIpc) is 2.39. The van der Waals surface area contributed by atoms with Crippen LogP contribution in [-0.4, -0.2) is 21.7 Å². The summed E-state index contributed by atoms with van der Waals surface area (Å²) in [5.41, 5.74) is 3.05. The van der Waals surface area contributed by atoms with E-state index in [1.807, 2.05) is 24.3 Å².